The number of hydrogen-bond donors (Lipinski definition) is 0. The molecule has 21 heavy (non-hydrogen) atoms. The van der Waals surface area contributed by atoms with Crippen LogP contribution in [-0.4, -0.2) is 47.4 Å². The van der Waals surface area contributed by atoms with Gasteiger partial charge in [0.1, 0.15) is 0 Å². The summed E-state index contributed by atoms with van der Waals surface area (Å²) in [4.78, 5) is 15.6. The molecule has 4 nitrogen and oxygen atoms in total. The van der Waals surface area contributed by atoms with Crippen LogP contribution >= 0.6 is 0 Å². The molecule has 0 aliphatic heterocycles. The molecule has 0 aromatic carbocycles. The molecule has 1 aliphatic rings. The van der Waals surface area contributed by atoms with E-state index in [1.165, 1.54) is 12.2 Å². The molecule has 0 saturated heterocycles. The van der Waals surface area contributed by atoms with Crippen LogP contribution < -0.4 is 0 Å². The molecule has 0 amide bonds. The van der Waals surface area contributed by atoms with E-state index in [1.54, 1.807) is 12.2 Å². The van der Waals surface area contributed by atoms with Crippen LogP contribution in [0.2, 0.25) is 39.3 Å². The first-order chi connectivity index (χ1) is 9.55. The van der Waals surface area contributed by atoms with E-state index in [0.29, 0.717) is 13.2 Å². The van der Waals surface area contributed by atoms with Crippen molar-refractivity contribution in [2.75, 3.05) is 13.2 Å². The summed E-state index contributed by atoms with van der Waals surface area (Å²) in [5.41, 5.74) is 0.812. The molecular formula is C15H27NO3Si2. The summed E-state index contributed by atoms with van der Waals surface area (Å²) < 4.78 is 12.1. The summed E-state index contributed by atoms with van der Waals surface area (Å²) in [6.45, 7) is 14.2. The number of ketones is 1. The van der Waals surface area contributed by atoms with Gasteiger partial charge in [0.2, 0.25) is 0 Å². The van der Waals surface area contributed by atoms with Crippen molar-refractivity contribution >= 4 is 28.1 Å². The van der Waals surface area contributed by atoms with Crippen molar-refractivity contribution in [1.82, 2.24) is 0 Å². The lowest BCUT2D eigenvalue weighted by molar-refractivity contribution is -0.110. The van der Waals surface area contributed by atoms with Gasteiger partial charge < -0.3 is 8.85 Å². The fourth-order valence-corrected chi connectivity index (χ4v) is 3.55. The van der Waals surface area contributed by atoms with E-state index in [1.807, 2.05) is 0 Å². The van der Waals surface area contributed by atoms with Crippen molar-refractivity contribution in [3.8, 4) is 0 Å². The van der Waals surface area contributed by atoms with Crippen LogP contribution in [0.3, 0.4) is 0 Å². The number of rotatable bonds is 7. The summed E-state index contributed by atoms with van der Waals surface area (Å²) in [5.74, 6) is 0.00548. The zero-order chi connectivity index (χ0) is 16.1. The van der Waals surface area contributed by atoms with Crippen LogP contribution in [0, 0.1) is 0 Å². The van der Waals surface area contributed by atoms with Crippen LogP contribution in [0.5, 0.6) is 0 Å². The first-order valence-corrected chi connectivity index (χ1v) is 14.1. The second kappa shape index (κ2) is 7.44. The Morgan fingerprint density at radius 1 is 1.00 bits per heavy atom. The topological polar surface area (TPSA) is 47.9 Å². The summed E-state index contributed by atoms with van der Waals surface area (Å²) in [5, 5.41) is 0. The monoisotopic (exact) mass is 325 g/mol. The van der Waals surface area contributed by atoms with Gasteiger partial charge in [0.05, 0.1) is 25.0 Å². The highest BCUT2D eigenvalue weighted by molar-refractivity contribution is 6.70. The lowest BCUT2D eigenvalue weighted by Crippen LogP contribution is -2.39. The van der Waals surface area contributed by atoms with Gasteiger partial charge in [-0.3, -0.25) is 9.79 Å². The van der Waals surface area contributed by atoms with E-state index in [9.17, 15) is 4.79 Å². The Morgan fingerprint density at radius 2 is 1.57 bits per heavy atom. The molecule has 0 radical (unpaired) electrons. The molecule has 0 N–H and O–H groups in total. The molecule has 0 saturated carbocycles. The summed E-state index contributed by atoms with van der Waals surface area (Å²) >= 11 is 0. The molecule has 118 valence electrons. The lowest BCUT2D eigenvalue weighted by Gasteiger charge is -2.28. The first kappa shape index (κ1) is 18.2. The Hall–Kier alpha value is -0.826. The van der Waals surface area contributed by atoms with Crippen LogP contribution in [0.1, 0.15) is 0 Å². The zero-order valence-electron chi connectivity index (χ0n) is 14.0. The van der Waals surface area contributed by atoms with Gasteiger partial charge in [-0.15, -0.1) is 0 Å². The van der Waals surface area contributed by atoms with E-state index < -0.39 is 16.6 Å². The molecule has 6 heteroatoms. The molecule has 0 spiro atoms. The lowest BCUT2D eigenvalue weighted by atomic mass is 10.1. The molecular weight excluding hydrogens is 298 g/mol. The predicted molar refractivity (Wildman–Crippen MR) is 93.1 cm³/mol. The molecule has 0 aromatic heterocycles. The Balaban J connectivity index is 2.64. The summed E-state index contributed by atoms with van der Waals surface area (Å²) in [6, 6.07) is 0. The smallest absolute Gasteiger partial charge is 0.184 e. The normalized spacial score (nSPS) is 17.2. The van der Waals surface area contributed by atoms with Gasteiger partial charge in [-0.05, 0) is 63.6 Å². The Labute approximate surface area is 130 Å². The highest BCUT2D eigenvalue weighted by Gasteiger charge is 2.23. The van der Waals surface area contributed by atoms with Crippen molar-refractivity contribution in [2.45, 2.75) is 45.4 Å². The number of allylic oxidation sites excluding steroid dienone is 4. The van der Waals surface area contributed by atoms with Gasteiger partial charge in [-0.2, -0.15) is 0 Å². The Bertz CT molecular complexity index is 439. The molecule has 1 atom stereocenters. The number of carbonyl (C=O) groups excluding carboxylic acids is 1. The highest BCUT2D eigenvalue weighted by atomic mass is 28.4. The third-order valence-corrected chi connectivity index (χ3v) is 4.61. The van der Waals surface area contributed by atoms with Gasteiger partial charge in [-0.1, -0.05) is 0 Å². The first-order valence-electron chi connectivity index (χ1n) is 7.31. The SMILES string of the molecule is C[Si](C)(C)OCC(CN=C1C=CC(=O)C=C1)O[Si](C)(C)C. The molecule has 0 aromatic rings. The largest absolute Gasteiger partial charge is 0.415 e. The van der Waals surface area contributed by atoms with Crippen molar-refractivity contribution in [3.05, 3.63) is 24.3 Å². The maximum absolute atomic E-state index is 11.1. The van der Waals surface area contributed by atoms with Crippen molar-refractivity contribution < 1.29 is 13.6 Å². The number of nitrogens with zero attached hydrogens (tertiary/aromatic N) is 1. The molecule has 0 fully saturated rings. The highest BCUT2D eigenvalue weighted by Crippen LogP contribution is 2.12. The Kier molecular flexibility index (Phi) is 6.46. The molecule has 0 heterocycles. The van der Waals surface area contributed by atoms with E-state index in [0.717, 1.165) is 5.71 Å². The van der Waals surface area contributed by atoms with Crippen molar-refractivity contribution in [1.29, 1.82) is 0 Å². The number of aliphatic imine (C=N–C) groups is 1. The van der Waals surface area contributed by atoms with Gasteiger partial charge in [0.15, 0.2) is 22.4 Å². The van der Waals surface area contributed by atoms with E-state index in [4.69, 9.17) is 8.85 Å². The molecule has 1 rings (SSSR count). The van der Waals surface area contributed by atoms with E-state index >= 15 is 0 Å². The third kappa shape index (κ3) is 8.92. The van der Waals surface area contributed by atoms with Crippen molar-refractivity contribution in [2.24, 2.45) is 4.99 Å². The van der Waals surface area contributed by atoms with Gasteiger partial charge in [-0.25, -0.2) is 0 Å². The quantitative estimate of drug-likeness (QED) is 0.533. The average molecular weight is 326 g/mol. The zero-order valence-corrected chi connectivity index (χ0v) is 16.0. The maximum Gasteiger partial charge on any atom is 0.184 e. The van der Waals surface area contributed by atoms with Gasteiger partial charge >= 0.3 is 0 Å². The number of carbonyl (C=O) groups is 1. The second-order valence-electron chi connectivity index (χ2n) is 7.11. The van der Waals surface area contributed by atoms with Crippen LogP contribution in [-0.2, 0) is 13.6 Å². The minimum atomic E-state index is -1.64. The maximum atomic E-state index is 11.1. The van der Waals surface area contributed by atoms with E-state index in [2.05, 4.69) is 44.3 Å². The van der Waals surface area contributed by atoms with Gasteiger partial charge in [0.25, 0.3) is 0 Å². The molecule has 1 unspecified atom stereocenters. The molecule has 1 aliphatic carbocycles. The minimum absolute atomic E-state index is 0.00548. The van der Waals surface area contributed by atoms with Crippen molar-refractivity contribution in [3.63, 3.8) is 0 Å². The number of hydrogen-bond acceptors (Lipinski definition) is 4. The van der Waals surface area contributed by atoms with Crippen LogP contribution in [0.4, 0.5) is 0 Å². The predicted octanol–water partition coefficient (Wildman–Crippen LogP) is 3.19. The molecule has 0 bridgehead atoms. The van der Waals surface area contributed by atoms with Crippen LogP contribution in [0.25, 0.3) is 0 Å². The Morgan fingerprint density at radius 3 is 2.05 bits per heavy atom. The fraction of sp³-hybridized carbons (Fsp3) is 0.600. The van der Waals surface area contributed by atoms with Gasteiger partial charge in [0, 0.05) is 0 Å². The fourth-order valence-electron chi connectivity index (χ4n) is 1.73. The minimum Gasteiger partial charge on any atom is -0.415 e. The summed E-state index contributed by atoms with van der Waals surface area (Å²) in [7, 11) is -3.20. The second-order valence-corrected chi connectivity index (χ2v) is 16.1. The summed E-state index contributed by atoms with van der Waals surface area (Å²) in [6.07, 6.45) is 6.54. The van der Waals surface area contributed by atoms with E-state index in [-0.39, 0.29) is 11.9 Å². The standard InChI is InChI=1S/C15H27NO3Si2/c1-20(2,3)18-12-15(19-21(4,5)6)11-16-13-7-9-14(17)10-8-13/h7-10,15H,11-12H2,1-6H3. The third-order valence-electron chi connectivity index (χ3n) is 2.54. The average Bonchev–Trinajstić information content (AvgIpc) is 2.32. The van der Waals surface area contributed by atoms with Crippen LogP contribution in [0.15, 0.2) is 29.3 Å².